The largest absolute Gasteiger partial charge is 0.496 e. The van der Waals surface area contributed by atoms with Crippen molar-refractivity contribution in [3.05, 3.63) is 70.7 Å². The lowest BCUT2D eigenvalue weighted by molar-refractivity contribution is -0.122. The maximum atomic E-state index is 12.2. The highest BCUT2D eigenvalue weighted by Gasteiger charge is 2.10. The van der Waals surface area contributed by atoms with Crippen LogP contribution in [0.4, 0.5) is 0 Å². The second kappa shape index (κ2) is 7.48. The van der Waals surface area contributed by atoms with Crippen molar-refractivity contribution in [1.29, 1.82) is 0 Å². The van der Waals surface area contributed by atoms with Crippen LogP contribution in [0.1, 0.15) is 5.56 Å². The molecule has 2 aromatic heterocycles. The van der Waals surface area contributed by atoms with Crippen molar-refractivity contribution in [1.82, 2.24) is 15.1 Å². The quantitative estimate of drug-likeness (QED) is 0.740. The molecule has 2 heterocycles. The second-order valence-electron chi connectivity index (χ2n) is 5.28. The molecule has 0 bridgehead atoms. The number of hydrogen-bond donors (Lipinski definition) is 1. The number of furan rings is 1. The molecule has 0 aliphatic heterocycles. The Hall–Kier alpha value is -3.35. The van der Waals surface area contributed by atoms with E-state index in [0.29, 0.717) is 23.7 Å². The van der Waals surface area contributed by atoms with Crippen LogP contribution in [0.15, 0.2) is 64.0 Å². The zero-order valence-electron chi connectivity index (χ0n) is 13.6. The van der Waals surface area contributed by atoms with Gasteiger partial charge < -0.3 is 14.5 Å². The molecule has 25 heavy (non-hydrogen) atoms. The number of para-hydroxylation sites is 1. The molecule has 0 aliphatic rings. The standard InChI is InChI=1S/C18H17N3O4/c1-24-15-6-3-2-5-13(15)11-19-17(22)12-21-18(23)9-8-14(20-21)16-7-4-10-25-16/h2-10H,11-12H2,1H3,(H,19,22). The van der Waals surface area contributed by atoms with Gasteiger partial charge >= 0.3 is 0 Å². The average molecular weight is 339 g/mol. The molecule has 1 aromatic carbocycles. The number of nitrogens with zero attached hydrogens (tertiary/aromatic N) is 2. The minimum absolute atomic E-state index is 0.178. The van der Waals surface area contributed by atoms with Gasteiger partial charge in [-0.2, -0.15) is 5.10 Å². The molecule has 3 rings (SSSR count). The van der Waals surface area contributed by atoms with E-state index in [1.54, 1.807) is 25.3 Å². The number of carbonyl (C=O) groups is 1. The van der Waals surface area contributed by atoms with Crippen molar-refractivity contribution >= 4 is 5.91 Å². The van der Waals surface area contributed by atoms with Gasteiger partial charge in [-0.1, -0.05) is 18.2 Å². The van der Waals surface area contributed by atoms with Crippen LogP contribution in [0, 0.1) is 0 Å². The van der Waals surface area contributed by atoms with E-state index in [1.165, 1.54) is 12.3 Å². The molecule has 1 amide bonds. The van der Waals surface area contributed by atoms with Crippen LogP contribution in [0.3, 0.4) is 0 Å². The third kappa shape index (κ3) is 3.95. The van der Waals surface area contributed by atoms with Crippen molar-refractivity contribution in [2.75, 3.05) is 7.11 Å². The van der Waals surface area contributed by atoms with Crippen molar-refractivity contribution in [3.8, 4) is 17.2 Å². The minimum Gasteiger partial charge on any atom is -0.496 e. The highest BCUT2D eigenvalue weighted by molar-refractivity contribution is 5.75. The van der Waals surface area contributed by atoms with E-state index >= 15 is 0 Å². The van der Waals surface area contributed by atoms with E-state index in [-0.39, 0.29) is 18.0 Å². The second-order valence-corrected chi connectivity index (χ2v) is 5.28. The summed E-state index contributed by atoms with van der Waals surface area (Å²) in [6.07, 6.45) is 1.52. The van der Waals surface area contributed by atoms with Crippen LogP contribution in [-0.4, -0.2) is 22.8 Å². The van der Waals surface area contributed by atoms with E-state index < -0.39 is 0 Å². The molecule has 3 aromatic rings. The van der Waals surface area contributed by atoms with Crippen molar-refractivity contribution < 1.29 is 13.9 Å². The molecule has 0 unspecified atom stereocenters. The van der Waals surface area contributed by atoms with Crippen LogP contribution in [0.2, 0.25) is 0 Å². The lowest BCUT2D eigenvalue weighted by atomic mass is 10.2. The summed E-state index contributed by atoms with van der Waals surface area (Å²) in [5, 5.41) is 6.93. The molecule has 128 valence electrons. The summed E-state index contributed by atoms with van der Waals surface area (Å²) in [6.45, 7) is 0.123. The van der Waals surface area contributed by atoms with Crippen molar-refractivity contribution in [3.63, 3.8) is 0 Å². The van der Waals surface area contributed by atoms with E-state index in [4.69, 9.17) is 9.15 Å². The summed E-state index contributed by atoms with van der Waals surface area (Å²) in [5.41, 5.74) is 0.980. The Morgan fingerprint density at radius 2 is 2.04 bits per heavy atom. The zero-order valence-corrected chi connectivity index (χ0v) is 13.6. The normalized spacial score (nSPS) is 10.4. The van der Waals surface area contributed by atoms with Gasteiger partial charge in [-0.3, -0.25) is 9.59 Å². The van der Waals surface area contributed by atoms with Gasteiger partial charge in [0.05, 0.1) is 13.4 Å². The molecule has 1 N–H and O–H groups in total. The molecule has 0 fully saturated rings. The topological polar surface area (TPSA) is 86.4 Å². The Balaban J connectivity index is 1.69. The van der Waals surface area contributed by atoms with Crippen molar-refractivity contribution in [2.24, 2.45) is 0 Å². The van der Waals surface area contributed by atoms with Gasteiger partial charge in [-0.25, -0.2) is 4.68 Å². The Bertz CT molecular complexity index is 916. The third-order valence-corrected chi connectivity index (χ3v) is 3.60. The molecule has 0 atom stereocenters. The predicted molar refractivity (Wildman–Crippen MR) is 91.0 cm³/mol. The number of amides is 1. The number of methoxy groups -OCH3 is 1. The number of nitrogens with one attached hydrogen (secondary N) is 1. The van der Waals surface area contributed by atoms with Gasteiger partial charge in [-0.15, -0.1) is 0 Å². The first-order valence-corrected chi connectivity index (χ1v) is 7.68. The molecule has 0 aliphatic carbocycles. The first kappa shape index (κ1) is 16.5. The Labute approximate surface area is 143 Å². The molecule has 0 spiro atoms. The number of rotatable bonds is 6. The molecule has 0 radical (unpaired) electrons. The molecule has 0 saturated heterocycles. The van der Waals surface area contributed by atoms with Crippen LogP contribution < -0.4 is 15.6 Å². The number of benzene rings is 1. The summed E-state index contributed by atoms with van der Waals surface area (Å²) in [5.74, 6) is 0.901. The Kier molecular flexibility index (Phi) is 4.94. The summed E-state index contributed by atoms with van der Waals surface area (Å²) >= 11 is 0. The molecular weight excluding hydrogens is 322 g/mol. The smallest absolute Gasteiger partial charge is 0.267 e. The Morgan fingerprint density at radius 1 is 1.20 bits per heavy atom. The summed E-state index contributed by atoms with van der Waals surface area (Å²) < 4.78 is 11.6. The fourth-order valence-electron chi connectivity index (χ4n) is 2.35. The van der Waals surface area contributed by atoms with Gasteiger partial charge in [0.15, 0.2) is 5.76 Å². The van der Waals surface area contributed by atoms with E-state index in [1.807, 2.05) is 24.3 Å². The van der Waals surface area contributed by atoms with E-state index in [0.717, 1.165) is 10.2 Å². The van der Waals surface area contributed by atoms with Gasteiger partial charge in [0.1, 0.15) is 18.0 Å². The maximum Gasteiger partial charge on any atom is 0.267 e. The maximum absolute atomic E-state index is 12.2. The lowest BCUT2D eigenvalue weighted by Gasteiger charge is -2.10. The minimum atomic E-state index is -0.359. The van der Waals surface area contributed by atoms with Gasteiger partial charge in [0.25, 0.3) is 5.56 Å². The zero-order chi connectivity index (χ0) is 17.6. The van der Waals surface area contributed by atoms with Gasteiger partial charge in [-0.05, 0) is 24.3 Å². The average Bonchev–Trinajstić information content (AvgIpc) is 3.16. The number of carbonyl (C=O) groups excluding carboxylic acids is 1. The Morgan fingerprint density at radius 3 is 2.80 bits per heavy atom. The fourth-order valence-corrected chi connectivity index (χ4v) is 2.35. The first-order valence-electron chi connectivity index (χ1n) is 7.68. The molecule has 0 saturated carbocycles. The summed E-state index contributed by atoms with van der Waals surface area (Å²) in [6, 6.07) is 13.8. The van der Waals surface area contributed by atoms with Crippen LogP contribution in [0.5, 0.6) is 5.75 Å². The van der Waals surface area contributed by atoms with Crippen LogP contribution in [-0.2, 0) is 17.9 Å². The highest BCUT2D eigenvalue weighted by Crippen LogP contribution is 2.17. The first-order chi connectivity index (χ1) is 12.2. The summed E-state index contributed by atoms with van der Waals surface area (Å²) in [4.78, 5) is 24.1. The molecule has 7 nitrogen and oxygen atoms in total. The predicted octanol–water partition coefficient (Wildman–Crippen LogP) is 1.83. The number of ether oxygens (including phenoxy) is 1. The van der Waals surface area contributed by atoms with Crippen LogP contribution >= 0.6 is 0 Å². The summed E-state index contributed by atoms with van der Waals surface area (Å²) in [7, 11) is 1.57. The third-order valence-electron chi connectivity index (χ3n) is 3.60. The SMILES string of the molecule is COc1ccccc1CNC(=O)Cn1nc(-c2ccco2)ccc1=O. The molecular formula is C18H17N3O4. The van der Waals surface area contributed by atoms with Crippen LogP contribution in [0.25, 0.3) is 11.5 Å². The number of hydrogen-bond acceptors (Lipinski definition) is 5. The van der Waals surface area contributed by atoms with Crippen molar-refractivity contribution in [2.45, 2.75) is 13.1 Å². The lowest BCUT2D eigenvalue weighted by Crippen LogP contribution is -2.33. The van der Waals surface area contributed by atoms with E-state index in [9.17, 15) is 9.59 Å². The van der Waals surface area contributed by atoms with Gasteiger partial charge in [0.2, 0.25) is 5.91 Å². The highest BCUT2D eigenvalue weighted by atomic mass is 16.5. The number of aromatic nitrogens is 2. The van der Waals surface area contributed by atoms with E-state index in [2.05, 4.69) is 10.4 Å². The monoisotopic (exact) mass is 339 g/mol. The van der Waals surface area contributed by atoms with Gasteiger partial charge in [0, 0.05) is 18.2 Å². The molecule has 7 heteroatoms. The fraction of sp³-hybridized carbons (Fsp3) is 0.167.